The molecular weight excluding hydrogens is 232 g/mol. The van der Waals surface area contributed by atoms with Crippen LogP contribution in [0.2, 0.25) is 0 Å². The van der Waals surface area contributed by atoms with Crippen molar-refractivity contribution in [3.63, 3.8) is 0 Å². The van der Waals surface area contributed by atoms with E-state index >= 15 is 0 Å². The highest BCUT2D eigenvalue weighted by atomic mass is 16.5. The Labute approximate surface area is 109 Å². The summed E-state index contributed by atoms with van der Waals surface area (Å²) in [6, 6.07) is 0. The topological polar surface area (TPSA) is 66.8 Å². The van der Waals surface area contributed by atoms with Gasteiger partial charge in [0.1, 0.15) is 0 Å². The van der Waals surface area contributed by atoms with Crippen LogP contribution in [0.25, 0.3) is 0 Å². The van der Waals surface area contributed by atoms with E-state index < -0.39 is 29.5 Å². The summed E-state index contributed by atoms with van der Waals surface area (Å²) >= 11 is 0. The third kappa shape index (κ3) is 5.35. The fraction of sp³-hybridized carbons (Fsp3) is 0.643. The first-order valence-corrected chi connectivity index (χ1v) is 5.83. The standard InChI is InChI=1S/C14H22O4/c1-6-8-12(16)10(11(15)7-2)9-18-13(17)14(3,4)5/h1,7,10-12,15-16H,2,8-9H2,3-5H3/t10-,11-,12+/m0/s1. The van der Waals surface area contributed by atoms with Crippen molar-refractivity contribution >= 4 is 5.97 Å². The van der Waals surface area contributed by atoms with Crippen molar-refractivity contribution in [2.45, 2.75) is 39.4 Å². The molecule has 0 saturated heterocycles. The number of hydrogen-bond donors (Lipinski definition) is 2. The molecule has 0 rings (SSSR count). The van der Waals surface area contributed by atoms with Gasteiger partial charge in [-0.05, 0) is 20.8 Å². The van der Waals surface area contributed by atoms with Crippen LogP contribution in [0.3, 0.4) is 0 Å². The molecule has 0 saturated carbocycles. The van der Waals surface area contributed by atoms with Gasteiger partial charge in [0.05, 0.1) is 24.2 Å². The van der Waals surface area contributed by atoms with Crippen LogP contribution in [0.1, 0.15) is 27.2 Å². The van der Waals surface area contributed by atoms with Gasteiger partial charge in [-0.15, -0.1) is 18.9 Å². The largest absolute Gasteiger partial charge is 0.465 e. The number of esters is 1. The van der Waals surface area contributed by atoms with Crippen LogP contribution in [0.15, 0.2) is 12.7 Å². The predicted molar refractivity (Wildman–Crippen MR) is 69.6 cm³/mol. The van der Waals surface area contributed by atoms with Gasteiger partial charge in [-0.1, -0.05) is 6.08 Å². The fourth-order valence-corrected chi connectivity index (χ4v) is 1.27. The van der Waals surface area contributed by atoms with Crippen LogP contribution in [-0.2, 0) is 9.53 Å². The Kier molecular flexibility index (Phi) is 6.67. The maximum atomic E-state index is 11.6. The first-order chi connectivity index (χ1) is 8.23. The van der Waals surface area contributed by atoms with Gasteiger partial charge in [0, 0.05) is 12.3 Å². The molecule has 0 aliphatic carbocycles. The zero-order valence-electron chi connectivity index (χ0n) is 11.2. The summed E-state index contributed by atoms with van der Waals surface area (Å²) in [7, 11) is 0. The molecule has 4 nitrogen and oxygen atoms in total. The molecule has 0 aliphatic heterocycles. The van der Waals surface area contributed by atoms with Gasteiger partial charge in [-0.3, -0.25) is 4.79 Å². The molecule has 0 radical (unpaired) electrons. The van der Waals surface area contributed by atoms with Crippen molar-refractivity contribution in [2.75, 3.05) is 6.61 Å². The average molecular weight is 254 g/mol. The lowest BCUT2D eigenvalue weighted by atomic mass is 9.94. The average Bonchev–Trinajstić information content (AvgIpc) is 2.27. The van der Waals surface area contributed by atoms with E-state index in [-0.39, 0.29) is 13.0 Å². The molecule has 0 heterocycles. The van der Waals surface area contributed by atoms with E-state index in [9.17, 15) is 15.0 Å². The van der Waals surface area contributed by atoms with Crippen molar-refractivity contribution in [2.24, 2.45) is 11.3 Å². The van der Waals surface area contributed by atoms with E-state index in [1.54, 1.807) is 20.8 Å². The number of ether oxygens (including phenoxy) is 1. The number of carbonyl (C=O) groups excluding carboxylic acids is 1. The first-order valence-electron chi connectivity index (χ1n) is 5.83. The Morgan fingerprint density at radius 1 is 1.50 bits per heavy atom. The summed E-state index contributed by atoms with van der Waals surface area (Å²) in [6.07, 6.45) is 4.58. The van der Waals surface area contributed by atoms with Crippen LogP contribution in [0, 0.1) is 23.7 Å². The second kappa shape index (κ2) is 7.20. The summed E-state index contributed by atoms with van der Waals surface area (Å²) in [4.78, 5) is 11.6. The van der Waals surface area contributed by atoms with Crippen LogP contribution in [0.4, 0.5) is 0 Å². The second-order valence-corrected chi connectivity index (χ2v) is 5.21. The minimum Gasteiger partial charge on any atom is -0.465 e. The molecular formula is C14H22O4. The highest BCUT2D eigenvalue weighted by molar-refractivity contribution is 5.75. The van der Waals surface area contributed by atoms with Gasteiger partial charge in [0.2, 0.25) is 0 Å². The molecule has 4 heteroatoms. The van der Waals surface area contributed by atoms with Crippen LogP contribution < -0.4 is 0 Å². The van der Waals surface area contributed by atoms with E-state index in [2.05, 4.69) is 12.5 Å². The molecule has 2 N–H and O–H groups in total. The monoisotopic (exact) mass is 254 g/mol. The molecule has 0 aromatic rings. The second-order valence-electron chi connectivity index (χ2n) is 5.21. The normalized spacial score (nSPS) is 16.2. The van der Waals surface area contributed by atoms with E-state index in [0.717, 1.165) is 0 Å². The lowest BCUT2D eigenvalue weighted by molar-refractivity contribution is -0.156. The predicted octanol–water partition coefficient (Wildman–Crippen LogP) is 1.12. The molecule has 18 heavy (non-hydrogen) atoms. The lowest BCUT2D eigenvalue weighted by Crippen LogP contribution is -2.36. The van der Waals surface area contributed by atoms with E-state index in [4.69, 9.17) is 11.2 Å². The van der Waals surface area contributed by atoms with E-state index in [1.165, 1.54) is 6.08 Å². The molecule has 0 aromatic heterocycles. The maximum Gasteiger partial charge on any atom is 0.311 e. The number of carbonyl (C=O) groups is 1. The zero-order chi connectivity index (χ0) is 14.3. The van der Waals surface area contributed by atoms with Gasteiger partial charge in [-0.2, -0.15) is 0 Å². The Morgan fingerprint density at radius 3 is 2.44 bits per heavy atom. The smallest absolute Gasteiger partial charge is 0.311 e. The maximum absolute atomic E-state index is 11.6. The SMILES string of the molecule is C#CC[C@@H](O)[C@@H](COC(=O)C(C)(C)C)[C@@H](O)C=C. The van der Waals surface area contributed by atoms with Gasteiger partial charge < -0.3 is 14.9 Å². The molecule has 0 aromatic carbocycles. The summed E-state index contributed by atoms with van der Waals surface area (Å²) in [5.74, 6) is 1.25. The third-order valence-electron chi connectivity index (χ3n) is 2.52. The lowest BCUT2D eigenvalue weighted by Gasteiger charge is -2.26. The minimum atomic E-state index is -0.971. The van der Waals surface area contributed by atoms with Crippen molar-refractivity contribution in [1.29, 1.82) is 0 Å². The Bertz CT molecular complexity index is 322. The van der Waals surface area contributed by atoms with Gasteiger partial charge in [0.25, 0.3) is 0 Å². The van der Waals surface area contributed by atoms with Crippen LogP contribution >= 0.6 is 0 Å². The molecule has 0 amide bonds. The van der Waals surface area contributed by atoms with Gasteiger partial charge in [-0.25, -0.2) is 0 Å². The molecule has 0 unspecified atom stereocenters. The van der Waals surface area contributed by atoms with E-state index in [1.807, 2.05) is 0 Å². The number of aliphatic hydroxyl groups excluding tert-OH is 2. The molecule has 102 valence electrons. The van der Waals surface area contributed by atoms with Crippen molar-refractivity contribution in [3.05, 3.63) is 12.7 Å². The summed E-state index contributed by atoms with van der Waals surface area (Å²) in [6.45, 7) is 8.54. The summed E-state index contributed by atoms with van der Waals surface area (Å²) in [5, 5.41) is 19.5. The molecule has 3 atom stereocenters. The van der Waals surface area contributed by atoms with Crippen LogP contribution in [-0.4, -0.2) is 35.0 Å². The fourth-order valence-electron chi connectivity index (χ4n) is 1.27. The Morgan fingerprint density at radius 2 is 2.06 bits per heavy atom. The number of rotatable bonds is 6. The minimum absolute atomic E-state index is 0.0859. The molecule has 0 aliphatic rings. The van der Waals surface area contributed by atoms with Gasteiger partial charge in [0.15, 0.2) is 0 Å². The number of aliphatic hydroxyl groups is 2. The highest BCUT2D eigenvalue weighted by Gasteiger charge is 2.29. The molecule has 0 bridgehead atoms. The quantitative estimate of drug-likeness (QED) is 0.423. The Balaban J connectivity index is 4.58. The number of hydrogen-bond acceptors (Lipinski definition) is 4. The van der Waals surface area contributed by atoms with Crippen LogP contribution in [0.5, 0.6) is 0 Å². The first kappa shape index (κ1) is 16.7. The molecule has 0 spiro atoms. The van der Waals surface area contributed by atoms with Crippen molar-refractivity contribution < 1.29 is 19.7 Å². The van der Waals surface area contributed by atoms with E-state index in [0.29, 0.717) is 0 Å². The summed E-state index contributed by atoms with van der Waals surface area (Å²) < 4.78 is 5.08. The van der Waals surface area contributed by atoms with Crippen molar-refractivity contribution in [3.8, 4) is 12.3 Å². The summed E-state index contributed by atoms with van der Waals surface area (Å²) in [5.41, 5.74) is -0.624. The van der Waals surface area contributed by atoms with Crippen molar-refractivity contribution in [1.82, 2.24) is 0 Å². The zero-order valence-corrected chi connectivity index (χ0v) is 11.2. The number of terminal acetylenes is 1. The highest BCUT2D eigenvalue weighted by Crippen LogP contribution is 2.19. The Hall–Kier alpha value is -1.31. The third-order valence-corrected chi connectivity index (χ3v) is 2.52. The van der Waals surface area contributed by atoms with Gasteiger partial charge >= 0.3 is 5.97 Å². The molecule has 0 fully saturated rings.